The second-order valence-corrected chi connectivity index (χ2v) is 12.5. The zero-order chi connectivity index (χ0) is 29.4. The van der Waals surface area contributed by atoms with Crippen LogP contribution in [0.2, 0.25) is 0 Å². The monoisotopic (exact) mass is 563 g/mol. The van der Waals surface area contributed by atoms with Gasteiger partial charge in [0.05, 0.1) is 10.6 Å². The van der Waals surface area contributed by atoms with Crippen LogP contribution < -0.4 is 9.62 Å². The van der Waals surface area contributed by atoms with Gasteiger partial charge in [-0.3, -0.25) is 13.9 Å². The first-order valence-electron chi connectivity index (χ1n) is 13.7. The van der Waals surface area contributed by atoms with Crippen molar-refractivity contribution in [2.24, 2.45) is 5.92 Å². The molecule has 8 heteroatoms. The van der Waals surface area contributed by atoms with Gasteiger partial charge in [-0.2, -0.15) is 0 Å². The van der Waals surface area contributed by atoms with Gasteiger partial charge in [0, 0.05) is 13.1 Å². The van der Waals surface area contributed by atoms with Crippen LogP contribution in [0.1, 0.15) is 49.4 Å². The number of anilines is 1. The van der Waals surface area contributed by atoms with Crippen molar-refractivity contribution in [3.8, 4) is 0 Å². The van der Waals surface area contributed by atoms with E-state index in [1.807, 2.05) is 77.9 Å². The van der Waals surface area contributed by atoms with Gasteiger partial charge in [-0.15, -0.1) is 0 Å². The highest BCUT2D eigenvalue weighted by Gasteiger charge is 2.34. The fourth-order valence-corrected chi connectivity index (χ4v) is 5.99. The number of carbonyl (C=O) groups is 2. The van der Waals surface area contributed by atoms with E-state index in [0.29, 0.717) is 18.7 Å². The largest absolute Gasteiger partial charge is 0.354 e. The Kier molecular flexibility index (Phi) is 10.5. The third-order valence-corrected chi connectivity index (χ3v) is 8.72. The number of nitrogens with one attached hydrogen (secondary N) is 1. The SMILES string of the molecule is CC[C@@H](C(=O)NCC(C)C)N(Cc1ccccc1C)C(=O)CN(c1ccccc1C)S(=O)(=O)c1ccc(C)cc1. The molecule has 0 saturated carbocycles. The van der Waals surface area contributed by atoms with Crippen molar-refractivity contribution in [3.05, 3.63) is 95.1 Å². The molecule has 0 aromatic heterocycles. The summed E-state index contributed by atoms with van der Waals surface area (Å²) in [6.45, 7) is 11.8. The number of rotatable bonds is 12. The Bertz CT molecular complexity index is 1420. The summed E-state index contributed by atoms with van der Waals surface area (Å²) in [6, 6.07) is 20.6. The highest BCUT2D eigenvalue weighted by molar-refractivity contribution is 7.92. The molecule has 0 saturated heterocycles. The summed E-state index contributed by atoms with van der Waals surface area (Å²) in [7, 11) is -4.09. The Labute approximate surface area is 239 Å². The molecule has 0 spiro atoms. The molecule has 214 valence electrons. The number of nitrogens with zero attached hydrogens (tertiary/aromatic N) is 2. The molecule has 0 unspecified atom stereocenters. The zero-order valence-electron chi connectivity index (χ0n) is 24.3. The van der Waals surface area contributed by atoms with Crippen LogP contribution in [-0.4, -0.2) is 44.3 Å². The van der Waals surface area contributed by atoms with E-state index < -0.39 is 28.5 Å². The van der Waals surface area contributed by atoms with Gasteiger partial charge >= 0.3 is 0 Å². The summed E-state index contributed by atoms with van der Waals surface area (Å²) < 4.78 is 29.2. The van der Waals surface area contributed by atoms with Gasteiger partial charge < -0.3 is 10.2 Å². The Morgan fingerprint density at radius 1 is 0.850 bits per heavy atom. The van der Waals surface area contributed by atoms with Crippen molar-refractivity contribution < 1.29 is 18.0 Å². The van der Waals surface area contributed by atoms with Crippen LogP contribution in [0, 0.1) is 26.7 Å². The van der Waals surface area contributed by atoms with Crippen LogP contribution in [0.3, 0.4) is 0 Å². The molecule has 3 aromatic carbocycles. The molecule has 7 nitrogen and oxygen atoms in total. The summed E-state index contributed by atoms with van der Waals surface area (Å²) in [5.41, 5.74) is 3.96. The first-order chi connectivity index (χ1) is 18.9. The summed E-state index contributed by atoms with van der Waals surface area (Å²) in [6.07, 6.45) is 0.386. The average Bonchev–Trinajstić information content (AvgIpc) is 2.92. The van der Waals surface area contributed by atoms with E-state index in [1.54, 1.807) is 36.4 Å². The van der Waals surface area contributed by atoms with E-state index in [-0.39, 0.29) is 23.3 Å². The summed E-state index contributed by atoms with van der Waals surface area (Å²) in [4.78, 5) is 29.1. The van der Waals surface area contributed by atoms with E-state index >= 15 is 0 Å². The van der Waals surface area contributed by atoms with Gasteiger partial charge in [-0.05, 0) is 68.0 Å². The van der Waals surface area contributed by atoms with Crippen molar-refractivity contribution in [1.82, 2.24) is 10.2 Å². The number of amides is 2. The number of para-hydroxylation sites is 1. The van der Waals surface area contributed by atoms with E-state index in [9.17, 15) is 18.0 Å². The van der Waals surface area contributed by atoms with Crippen LogP contribution in [0.5, 0.6) is 0 Å². The molecule has 0 aliphatic carbocycles. The van der Waals surface area contributed by atoms with Gasteiger partial charge in [-0.25, -0.2) is 8.42 Å². The zero-order valence-corrected chi connectivity index (χ0v) is 25.2. The number of hydrogen-bond donors (Lipinski definition) is 1. The molecule has 1 N–H and O–H groups in total. The minimum atomic E-state index is -4.09. The van der Waals surface area contributed by atoms with Crippen molar-refractivity contribution >= 4 is 27.5 Å². The summed E-state index contributed by atoms with van der Waals surface area (Å²) >= 11 is 0. The minimum absolute atomic E-state index is 0.0984. The number of carbonyl (C=O) groups excluding carboxylic acids is 2. The lowest BCUT2D eigenvalue weighted by molar-refractivity contribution is -0.140. The predicted molar refractivity (Wildman–Crippen MR) is 161 cm³/mol. The smallest absolute Gasteiger partial charge is 0.264 e. The molecule has 2 amide bonds. The molecule has 1 atom stereocenters. The minimum Gasteiger partial charge on any atom is -0.354 e. The third-order valence-electron chi connectivity index (χ3n) is 6.94. The number of benzene rings is 3. The number of aryl methyl sites for hydroxylation is 3. The van der Waals surface area contributed by atoms with E-state index in [0.717, 1.165) is 22.3 Å². The Morgan fingerprint density at radius 2 is 1.45 bits per heavy atom. The van der Waals surface area contributed by atoms with Crippen LogP contribution in [-0.2, 0) is 26.2 Å². The molecule has 0 aliphatic heterocycles. The van der Waals surface area contributed by atoms with Gasteiger partial charge in [0.1, 0.15) is 12.6 Å². The van der Waals surface area contributed by atoms with Crippen LogP contribution in [0.25, 0.3) is 0 Å². The van der Waals surface area contributed by atoms with Crippen molar-refractivity contribution in [2.45, 2.75) is 65.4 Å². The molecule has 0 fully saturated rings. The van der Waals surface area contributed by atoms with Gasteiger partial charge in [-0.1, -0.05) is 80.9 Å². The number of sulfonamides is 1. The molecule has 3 rings (SSSR count). The first kappa shape index (κ1) is 30.9. The second kappa shape index (κ2) is 13.6. The van der Waals surface area contributed by atoms with E-state index in [4.69, 9.17) is 0 Å². The maximum Gasteiger partial charge on any atom is 0.264 e. The third kappa shape index (κ3) is 7.50. The van der Waals surface area contributed by atoms with Gasteiger partial charge in [0.25, 0.3) is 10.0 Å². The highest BCUT2D eigenvalue weighted by atomic mass is 32.2. The van der Waals surface area contributed by atoms with E-state index in [2.05, 4.69) is 5.32 Å². The quantitative estimate of drug-likeness (QED) is 0.320. The highest BCUT2D eigenvalue weighted by Crippen LogP contribution is 2.28. The lowest BCUT2D eigenvalue weighted by Gasteiger charge is -2.34. The molecular formula is C32H41N3O4S. The Morgan fingerprint density at radius 3 is 2.02 bits per heavy atom. The maximum atomic E-state index is 14.2. The van der Waals surface area contributed by atoms with Crippen LogP contribution in [0.4, 0.5) is 5.69 Å². The fourth-order valence-electron chi connectivity index (χ4n) is 4.51. The molecule has 0 bridgehead atoms. The van der Waals surface area contributed by atoms with Gasteiger partial charge in [0.2, 0.25) is 11.8 Å². The lowest BCUT2D eigenvalue weighted by Crippen LogP contribution is -2.52. The summed E-state index contributed by atoms with van der Waals surface area (Å²) in [5.74, 6) is -0.450. The van der Waals surface area contributed by atoms with Crippen molar-refractivity contribution in [1.29, 1.82) is 0 Å². The number of hydrogen-bond acceptors (Lipinski definition) is 4. The topological polar surface area (TPSA) is 86.8 Å². The normalized spacial score (nSPS) is 12.2. The molecule has 3 aromatic rings. The summed E-state index contributed by atoms with van der Waals surface area (Å²) in [5, 5.41) is 2.96. The predicted octanol–water partition coefficient (Wildman–Crippen LogP) is 5.39. The molecule has 0 aliphatic rings. The maximum absolute atomic E-state index is 14.2. The van der Waals surface area contributed by atoms with Crippen molar-refractivity contribution in [3.63, 3.8) is 0 Å². The average molecular weight is 564 g/mol. The molecule has 40 heavy (non-hydrogen) atoms. The van der Waals surface area contributed by atoms with Crippen molar-refractivity contribution in [2.75, 3.05) is 17.4 Å². The van der Waals surface area contributed by atoms with E-state index in [1.165, 1.54) is 9.21 Å². The van der Waals surface area contributed by atoms with Gasteiger partial charge in [0.15, 0.2) is 0 Å². The second-order valence-electron chi connectivity index (χ2n) is 10.6. The standard InChI is InChI=1S/C32H41N3O4S/c1-7-29(32(37)33-20-23(2)3)34(21-27-14-10-8-12-25(27)5)31(36)22-35(30-15-11-9-13-26(30)6)40(38,39)28-18-16-24(4)17-19-28/h8-19,23,29H,7,20-22H2,1-6H3,(H,33,37)/t29-/m0/s1. The molecule has 0 radical (unpaired) electrons. The Balaban J connectivity index is 2.07. The first-order valence-corrected chi connectivity index (χ1v) is 15.2. The Hall–Kier alpha value is -3.65. The van der Waals surface area contributed by atoms with Crippen LogP contribution in [0.15, 0.2) is 77.7 Å². The van der Waals surface area contributed by atoms with Crippen LogP contribution >= 0.6 is 0 Å². The molecular weight excluding hydrogens is 522 g/mol. The lowest BCUT2D eigenvalue weighted by atomic mass is 10.1. The fraction of sp³-hybridized carbons (Fsp3) is 0.375. The molecule has 0 heterocycles.